The summed E-state index contributed by atoms with van der Waals surface area (Å²) in [5.74, 6) is 0. The first-order valence-electron chi connectivity index (χ1n) is 18.5. The summed E-state index contributed by atoms with van der Waals surface area (Å²) in [5, 5.41) is 0. The van der Waals surface area contributed by atoms with Crippen LogP contribution in [-0.2, 0) is 10.8 Å². The molecule has 0 aliphatic rings. The van der Waals surface area contributed by atoms with Gasteiger partial charge in [0.25, 0.3) is 0 Å². The van der Waals surface area contributed by atoms with Crippen molar-refractivity contribution in [1.82, 2.24) is 0 Å². The second kappa shape index (κ2) is 21.9. The van der Waals surface area contributed by atoms with Gasteiger partial charge in [-0.25, -0.2) is 0 Å². The van der Waals surface area contributed by atoms with Crippen LogP contribution in [0.25, 0.3) is 6.08 Å². The van der Waals surface area contributed by atoms with Crippen LogP contribution in [-0.4, -0.2) is 0 Å². The Morgan fingerprint density at radius 1 is 0.543 bits per heavy atom. The van der Waals surface area contributed by atoms with Crippen LogP contribution in [0.3, 0.4) is 0 Å². The lowest BCUT2D eigenvalue weighted by molar-refractivity contribution is 0.338. The zero-order valence-electron chi connectivity index (χ0n) is 32.8. The highest BCUT2D eigenvalue weighted by molar-refractivity contribution is 5.78. The van der Waals surface area contributed by atoms with E-state index in [0.29, 0.717) is 5.41 Å². The van der Waals surface area contributed by atoms with Crippen molar-refractivity contribution in [3.05, 3.63) is 96.1 Å². The molecule has 0 atom stereocenters. The third kappa shape index (κ3) is 14.3. The number of unbranched alkanes of at least 4 members (excludes halogenated alkanes) is 1. The zero-order valence-corrected chi connectivity index (χ0v) is 32.8. The molecule has 0 amide bonds. The lowest BCUT2D eigenvalue weighted by Gasteiger charge is -2.29. The van der Waals surface area contributed by atoms with E-state index in [2.05, 4.69) is 167 Å². The molecule has 3 aromatic rings. The van der Waals surface area contributed by atoms with Crippen LogP contribution in [0.1, 0.15) is 165 Å². The molecule has 0 saturated heterocycles. The second-order valence-electron chi connectivity index (χ2n) is 14.4. The molecule has 46 heavy (non-hydrogen) atoms. The van der Waals surface area contributed by atoms with E-state index >= 15 is 0 Å². The standard InChI is InChI=1S/C32H41N.C7H16.C4H10.C2H6/c1-8-22-31(4,5)26-14-18-28(19-15-26)33(30-13-11-12-25(10-3)24-30)29-20-16-27(17-21-29)32(6,7)23-9-2;1-5-7(3,4)6-2;1-3-4-2;1-2/h10-21,24H,3,8-9,22-23H2,1-2,4-7H3;5-6H2,1-4H3;3-4H2,1-2H3;1-2H3. The molecule has 3 aromatic carbocycles. The molecule has 0 unspecified atom stereocenters. The summed E-state index contributed by atoms with van der Waals surface area (Å²) in [5.41, 5.74) is 8.36. The van der Waals surface area contributed by atoms with Crippen LogP contribution in [0.2, 0.25) is 0 Å². The Balaban J connectivity index is 0.00000132. The van der Waals surface area contributed by atoms with E-state index in [9.17, 15) is 0 Å². The normalized spacial score (nSPS) is 11.2. The Labute approximate surface area is 287 Å². The number of hydrogen-bond donors (Lipinski definition) is 0. The summed E-state index contributed by atoms with van der Waals surface area (Å²) in [4.78, 5) is 2.35. The van der Waals surface area contributed by atoms with Gasteiger partial charge in [-0.3, -0.25) is 0 Å². The minimum Gasteiger partial charge on any atom is -0.310 e. The number of rotatable bonds is 13. The Kier molecular flexibility index (Phi) is 20.6. The van der Waals surface area contributed by atoms with Crippen LogP contribution >= 0.6 is 0 Å². The maximum atomic E-state index is 3.97. The first-order valence-corrected chi connectivity index (χ1v) is 18.5. The Bertz CT molecular complexity index is 1120. The molecule has 1 heteroatoms. The maximum absolute atomic E-state index is 3.97. The molecule has 3 rings (SSSR count). The van der Waals surface area contributed by atoms with Gasteiger partial charge in [0.15, 0.2) is 0 Å². The minimum absolute atomic E-state index is 0.188. The summed E-state index contributed by atoms with van der Waals surface area (Å²) >= 11 is 0. The SMILES string of the molecule is C=Cc1cccc(N(c2ccc(C(C)(C)CCC)cc2)c2ccc(C(C)(C)CCC)cc2)c1.CC.CCC(C)(C)CC.CCCC. The van der Waals surface area contributed by atoms with Crippen LogP contribution in [0.4, 0.5) is 17.1 Å². The average Bonchev–Trinajstić information content (AvgIpc) is 3.07. The zero-order chi connectivity index (χ0) is 35.4. The molecule has 0 saturated carbocycles. The summed E-state index contributed by atoms with van der Waals surface area (Å²) < 4.78 is 0. The van der Waals surface area contributed by atoms with Crippen molar-refractivity contribution in [3.63, 3.8) is 0 Å². The molecular weight excluding hydrogens is 555 g/mol. The molecule has 0 bridgehead atoms. The predicted octanol–water partition coefficient (Wildman–Crippen LogP) is 15.6. The summed E-state index contributed by atoms with van der Waals surface area (Å²) in [6, 6.07) is 26.9. The van der Waals surface area contributed by atoms with Crippen molar-refractivity contribution < 1.29 is 0 Å². The lowest BCUT2D eigenvalue weighted by atomic mass is 9.80. The fourth-order valence-corrected chi connectivity index (χ4v) is 5.15. The van der Waals surface area contributed by atoms with Crippen LogP contribution in [0.5, 0.6) is 0 Å². The quantitative estimate of drug-likeness (QED) is 0.182. The van der Waals surface area contributed by atoms with Gasteiger partial charge in [0.1, 0.15) is 0 Å². The highest BCUT2D eigenvalue weighted by Gasteiger charge is 2.22. The van der Waals surface area contributed by atoms with Crippen LogP contribution in [0.15, 0.2) is 79.4 Å². The van der Waals surface area contributed by atoms with Crippen molar-refractivity contribution in [3.8, 4) is 0 Å². The molecule has 0 heterocycles. The van der Waals surface area contributed by atoms with Gasteiger partial charge in [0, 0.05) is 17.1 Å². The lowest BCUT2D eigenvalue weighted by Crippen LogP contribution is -2.18. The van der Waals surface area contributed by atoms with Gasteiger partial charge >= 0.3 is 0 Å². The van der Waals surface area contributed by atoms with Crippen molar-refractivity contribution in [1.29, 1.82) is 0 Å². The smallest absolute Gasteiger partial charge is 0.0467 e. The highest BCUT2D eigenvalue weighted by Crippen LogP contribution is 2.38. The monoisotopic (exact) mass is 628 g/mol. The summed E-state index contributed by atoms with van der Waals surface area (Å²) in [7, 11) is 0. The van der Waals surface area contributed by atoms with Gasteiger partial charge in [-0.1, -0.05) is 185 Å². The third-order valence-corrected chi connectivity index (χ3v) is 9.34. The van der Waals surface area contributed by atoms with Crippen LogP contribution < -0.4 is 4.90 Å². The van der Waals surface area contributed by atoms with Gasteiger partial charge in [-0.15, -0.1) is 0 Å². The van der Waals surface area contributed by atoms with Gasteiger partial charge in [-0.2, -0.15) is 0 Å². The Morgan fingerprint density at radius 3 is 1.22 bits per heavy atom. The third-order valence-electron chi connectivity index (χ3n) is 9.34. The molecule has 0 radical (unpaired) electrons. The van der Waals surface area contributed by atoms with E-state index in [4.69, 9.17) is 0 Å². The average molecular weight is 628 g/mol. The fraction of sp³-hybridized carbons (Fsp3) is 0.556. The molecule has 258 valence electrons. The Morgan fingerprint density at radius 2 is 0.935 bits per heavy atom. The van der Waals surface area contributed by atoms with E-state index in [1.54, 1.807) is 0 Å². The van der Waals surface area contributed by atoms with Gasteiger partial charge in [0.2, 0.25) is 0 Å². The molecule has 0 aliphatic heterocycles. The van der Waals surface area contributed by atoms with Gasteiger partial charge < -0.3 is 4.90 Å². The van der Waals surface area contributed by atoms with E-state index in [-0.39, 0.29) is 10.8 Å². The molecule has 0 spiro atoms. The van der Waals surface area contributed by atoms with Crippen molar-refractivity contribution in [2.24, 2.45) is 5.41 Å². The molecule has 0 aromatic heterocycles. The first kappa shape index (κ1) is 43.2. The molecule has 0 N–H and O–H groups in total. The largest absolute Gasteiger partial charge is 0.310 e. The topological polar surface area (TPSA) is 3.24 Å². The van der Waals surface area contributed by atoms with E-state index in [0.717, 1.165) is 11.3 Å². The van der Waals surface area contributed by atoms with E-state index < -0.39 is 0 Å². The summed E-state index contributed by atoms with van der Waals surface area (Å²) in [6.07, 6.45) is 11.9. The number of anilines is 3. The molecule has 0 fully saturated rings. The van der Waals surface area contributed by atoms with E-state index in [1.165, 1.54) is 73.9 Å². The number of hydrogen-bond acceptors (Lipinski definition) is 1. The number of nitrogens with zero attached hydrogens (tertiary/aromatic N) is 1. The minimum atomic E-state index is 0.188. The Hall–Kier alpha value is -2.80. The number of benzene rings is 3. The maximum Gasteiger partial charge on any atom is 0.0467 e. The van der Waals surface area contributed by atoms with Gasteiger partial charge in [0.05, 0.1) is 0 Å². The highest BCUT2D eigenvalue weighted by atomic mass is 15.1. The predicted molar refractivity (Wildman–Crippen MR) is 213 cm³/mol. The second-order valence-corrected chi connectivity index (χ2v) is 14.4. The molecule has 1 nitrogen and oxygen atoms in total. The van der Waals surface area contributed by atoms with Crippen molar-refractivity contribution >= 4 is 23.1 Å². The van der Waals surface area contributed by atoms with Crippen LogP contribution in [0, 0.1) is 5.41 Å². The van der Waals surface area contributed by atoms with Crippen molar-refractivity contribution in [2.75, 3.05) is 4.90 Å². The molecular formula is C45H73N. The first-order chi connectivity index (χ1) is 21.7. The summed E-state index contributed by atoms with van der Waals surface area (Å²) in [6.45, 7) is 35.3. The van der Waals surface area contributed by atoms with E-state index in [1.807, 2.05) is 19.9 Å². The van der Waals surface area contributed by atoms with Crippen molar-refractivity contribution in [2.45, 2.75) is 159 Å². The fourth-order valence-electron chi connectivity index (χ4n) is 5.15. The van der Waals surface area contributed by atoms with Gasteiger partial charge in [-0.05, 0) is 82.2 Å². The molecule has 0 aliphatic carbocycles.